The lowest BCUT2D eigenvalue weighted by Gasteiger charge is -2.25. The number of aromatic carboxylic acids is 1. The molecule has 1 fully saturated rings. The molecule has 24 heavy (non-hydrogen) atoms. The van der Waals surface area contributed by atoms with Gasteiger partial charge < -0.3 is 10.0 Å². The van der Waals surface area contributed by atoms with Gasteiger partial charge in [0.15, 0.2) is 0 Å². The maximum Gasteiger partial charge on any atom is 0.335 e. The summed E-state index contributed by atoms with van der Waals surface area (Å²) in [5, 5.41) is 9.61. The molecular formula is C19H18ClNO3. The van der Waals surface area contributed by atoms with Crippen LogP contribution in [0.3, 0.4) is 0 Å². The second kappa shape index (κ2) is 7.05. The Hall–Kier alpha value is -2.33. The Morgan fingerprint density at radius 1 is 1.08 bits per heavy atom. The summed E-state index contributed by atoms with van der Waals surface area (Å²) in [6.07, 6.45) is 2.21. The largest absolute Gasteiger partial charge is 0.478 e. The van der Waals surface area contributed by atoms with E-state index in [0.717, 1.165) is 30.5 Å². The van der Waals surface area contributed by atoms with Crippen molar-refractivity contribution in [3.8, 4) is 0 Å². The SMILES string of the molecule is O=C(O)c1ccc(CC(=O)N2CCCC2c2ccc(Cl)cc2)cc1. The number of benzene rings is 2. The molecule has 1 N–H and O–H groups in total. The zero-order chi connectivity index (χ0) is 17.1. The number of carbonyl (C=O) groups is 2. The van der Waals surface area contributed by atoms with E-state index < -0.39 is 5.97 Å². The number of carboxylic acid groups (broad SMARTS) is 1. The minimum absolute atomic E-state index is 0.0653. The summed E-state index contributed by atoms with van der Waals surface area (Å²) in [6.45, 7) is 0.749. The van der Waals surface area contributed by atoms with Gasteiger partial charge in [-0.25, -0.2) is 4.79 Å². The molecule has 0 aromatic heterocycles. The predicted octanol–water partition coefficient (Wildman–Crippen LogP) is 3.94. The summed E-state index contributed by atoms with van der Waals surface area (Å²) in [7, 11) is 0. The third kappa shape index (κ3) is 3.60. The van der Waals surface area contributed by atoms with Gasteiger partial charge in [-0.05, 0) is 48.2 Å². The first-order valence-corrected chi connectivity index (χ1v) is 8.29. The monoisotopic (exact) mass is 343 g/mol. The van der Waals surface area contributed by atoms with Gasteiger partial charge in [0.1, 0.15) is 0 Å². The number of carbonyl (C=O) groups excluding carboxylic acids is 1. The molecule has 1 amide bonds. The van der Waals surface area contributed by atoms with Gasteiger partial charge in [-0.2, -0.15) is 0 Å². The molecule has 1 unspecified atom stereocenters. The molecule has 4 nitrogen and oxygen atoms in total. The Balaban J connectivity index is 1.71. The number of amides is 1. The van der Waals surface area contributed by atoms with E-state index in [1.807, 2.05) is 29.2 Å². The lowest BCUT2D eigenvalue weighted by Crippen LogP contribution is -2.31. The fraction of sp³-hybridized carbons (Fsp3) is 0.263. The van der Waals surface area contributed by atoms with Gasteiger partial charge in [-0.3, -0.25) is 4.79 Å². The van der Waals surface area contributed by atoms with E-state index in [4.69, 9.17) is 16.7 Å². The Morgan fingerprint density at radius 2 is 1.75 bits per heavy atom. The molecule has 2 aromatic carbocycles. The van der Waals surface area contributed by atoms with Crippen LogP contribution in [0.2, 0.25) is 5.02 Å². The highest BCUT2D eigenvalue weighted by Gasteiger charge is 2.29. The average Bonchev–Trinajstić information content (AvgIpc) is 3.06. The van der Waals surface area contributed by atoms with Crippen LogP contribution >= 0.6 is 11.6 Å². The predicted molar refractivity (Wildman–Crippen MR) is 92.2 cm³/mol. The van der Waals surface area contributed by atoms with E-state index in [1.165, 1.54) is 12.1 Å². The van der Waals surface area contributed by atoms with Gasteiger partial charge >= 0.3 is 5.97 Å². The molecular weight excluding hydrogens is 326 g/mol. The van der Waals surface area contributed by atoms with Crippen LogP contribution in [-0.2, 0) is 11.2 Å². The lowest BCUT2D eigenvalue weighted by atomic mass is 10.0. The number of likely N-dealkylation sites (tertiary alicyclic amines) is 1. The first-order chi connectivity index (χ1) is 11.5. The molecule has 0 saturated carbocycles. The smallest absolute Gasteiger partial charge is 0.335 e. The maximum absolute atomic E-state index is 12.7. The maximum atomic E-state index is 12.7. The third-order valence-corrected chi connectivity index (χ3v) is 4.64. The standard InChI is InChI=1S/C19H18ClNO3/c20-16-9-7-14(8-10-16)17-2-1-11-21(17)18(22)12-13-3-5-15(6-4-13)19(23)24/h3-10,17H,1-2,11-12H2,(H,23,24). The van der Waals surface area contributed by atoms with Crippen molar-refractivity contribution in [2.45, 2.75) is 25.3 Å². The van der Waals surface area contributed by atoms with Gasteiger partial charge in [0.25, 0.3) is 0 Å². The van der Waals surface area contributed by atoms with Crippen molar-refractivity contribution in [2.24, 2.45) is 0 Å². The first-order valence-electron chi connectivity index (χ1n) is 7.92. The van der Waals surface area contributed by atoms with Crippen molar-refractivity contribution in [3.63, 3.8) is 0 Å². The molecule has 3 rings (SSSR count). The fourth-order valence-corrected chi connectivity index (χ4v) is 3.26. The summed E-state index contributed by atoms with van der Waals surface area (Å²) in [5.41, 5.74) is 2.16. The van der Waals surface area contributed by atoms with Crippen LogP contribution in [0.25, 0.3) is 0 Å². The molecule has 5 heteroatoms. The zero-order valence-corrected chi connectivity index (χ0v) is 13.9. The van der Waals surface area contributed by atoms with E-state index >= 15 is 0 Å². The van der Waals surface area contributed by atoms with Crippen molar-refractivity contribution in [1.29, 1.82) is 0 Å². The molecule has 0 aliphatic carbocycles. The summed E-state index contributed by atoms with van der Waals surface area (Å²) >= 11 is 5.94. The van der Waals surface area contributed by atoms with Crippen LogP contribution < -0.4 is 0 Å². The summed E-state index contributed by atoms with van der Waals surface area (Å²) in [4.78, 5) is 25.5. The average molecular weight is 344 g/mol. The molecule has 0 bridgehead atoms. The van der Waals surface area contributed by atoms with Crippen molar-refractivity contribution >= 4 is 23.5 Å². The van der Waals surface area contributed by atoms with E-state index in [1.54, 1.807) is 12.1 Å². The van der Waals surface area contributed by atoms with Crippen LogP contribution in [0.4, 0.5) is 0 Å². The first kappa shape index (κ1) is 16.5. The molecule has 1 atom stereocenters. The summed E-state index contributed by atoms with van der Waals surface area (Å²) in [5.74, 6) is -0.897. The van der Waals surface area contributed by atoms with Crippen molar-refractivity contribution in [2.75, 3.05) is 6.54 Å². The van der Waals surface area contributed by atoms with Crippen molar-refractivity contribution < 1.29 is 14.7 Å². The lowest BCUT2D eigenvalue weighted by molar-refractivity contribution is -0.131. The zero-order valence-electron chi connectivity index (χ0n) is 13.1. The highest BCUT2D eigenvalue weighted by Crippen LogP contribution is 2.33. The Kier molecular flexibility index (Phi) is 4.86. The van der Waals surface area contributed by atoms with Crippen molar-refractivity contribution in [1.82, 2.24) is 4.90 Å². The summed E-state index contributed by atoms with van der Waals surface area (Å²) in [6, 6.07) is 14.2. The molecule has 124 valence electrons. The van der Waals surface area contributed by atoms with Gasteiger partial charge in [-0.15, -0.1) is 0 Å². The second-order valence-electron chi connectivity index (χ2n) is 5.98. The summed E-state index contributed by atoms with van der Waals surface area (Å²) < 4.78 is 0. The number of carboxylic acids is 1. The highest BCUT2D eigenvalue weighted by atomic mass is 35.5. The number of rotatable bonds is 4. The second-order valence-corrected chi connectivity index (χ2v) is 6.41. The van der Waals surface area contributed by atoms with E-state index in [0.29, 0.717) is 5.02 Å². The minimum atomic E-state index is -0.963. The molecule has 1 heterocycles. The van der Waals surface area contributed by atoms with Crippen LogP contribution in [-0.4, -0.2) is 28.4 Å². The number of nitrogens with zero attached hydrogens (tertiary/aromatic N) is 1. The minimum Gasteiger partial charge on any atom is -0.478 e. The van der Waals surface area contributed by atoms with E-state index in [-0.39, 0.29) is 23.9 Å². The molecule has 0 radical (unpaired) electrons. The van der Waals surface area contributed by atoms with E-state index in [9.17, 15) is 9.59 Å². The van der Waals surface area contributed by atoms with Crippen molar-refractivity contribution in [3.05, 3.63) is 70.2 Å². The highest BCUT2D eigenvalue weighted by molar-refractivity contribution is 6.30. The van der Waals surface area contributed by atoms with Gasteiger partial charge in [0.05, 0.1) is 18.0 Å². The molecule has 1 saturated heterocycles. The number of halogens is 1. The van der Waals surface area contributed by atoms with Crippen LogP contribution in [0.15, 0.2) is 48.5 Å². The molecule has 1 aliphatic rings. The molecule has 0 spiro atoms. The Labute approximate surface area is 145 Å². The van der Waals surface area contributed by atoms with Gasteiger partial charge in [-0.1, -0.05) is 35.9 Å². The van der Waals surface area contributed by atoms with Crippen LogP contribution in [0.5, 0.6) is 0 Å². The van der Waals surface area contributed by atoms with E-state index in [2.05, 4.69) is 0 Å². The normalized spacial score (nSPS) is 17.0. The Bertz CT molecular complexity index is 740. The van der Waals surface area contributed by atoms with Gasteiger partial charge in [0, 0.05) is 11.6 Å². The third-order valence-electron chi connectivity index (χ3n) is 4.38. The fourth-order valence-electron chi connectivity index (χ4n) is 3.14. The topological polar surface area (TPSA) is 57.6 Å². The van der Waals surface area contributed by atoms with Crippen LogP contribution in [0, 0.1) is 0 Å². The molecule has 1 aliphatic heterocycles. The number of hydrogen-bond donors (Lipinski definition) is 1. The van der Waals surface area contributed by atoms with Gasteiger partial charge in [0.2, 0.25) is 5.91 Å². The molecule has 2 aromatic rings. The Morgan fingerprint density at radius 3 is 2.38 bits per heavy atom. The number of hydrogen-bond acceptors (Lipinski definition) is 2. The quantitative estimate of drug-likeness (QED) is 0.914. The van der Waals surface area contributed by atoms with Crippen LogP contribution in [0.1, 0.15) is 40.4 Å².